The van der Waals surface area contributed by atoms with Gasteiger partial charge in [-0.05, 0) is 97.9 Å². The average Bonchev–Trinajstić information content (AvgIpc) is 3.71. The molecule has 0 saturated carbocycles. The number of aromatic nitrogens is 2. The predicted octanol–water partition coefficient (Wildman–Crippen LogP) is 9.57. The maximum absolute atomic E-state index is 13.0. The van der Waals surface area contributed by atoms with Crippen molar-refractivity contribution < 1.29 is 43.7 Å². The van der Waals surface area contributed by atoms with Crippen molar-refractivity contribution in [3.05, 3.63) is 144 Å². The molecule has 0 unspecified atom stereocenters. The Morgan fingerprint density at radius 3 is 1.79 bits per heavy atom. The van der Waals surface area contributed by atoms with Gasteiger partial charge in [-0.2, -0.15) is 35.8 Å². The lowest BCUT2D eigenvalue weighted by atomic mass is 10.1. The second kappa shape index (κ2) is 19.1. The molecule has 2 heterocycles. The van der Waals surface area contributed by atoms with Crippen LogP contribution in [0, 0.1) is 29.6 Å². The van der Waals surface area contributed by atoms with Crippen molar-refractivity contribution in [2.75, 3.05) is 16.0 Å². The minimum Gasteiger partial charge on any atom is -0.339 e. The molecule has 0 aliphatic heterocycles. The van der Waals surface area contributed by atoms with Crippen molar-refractivity contribution >= 4 is 97.8 Å². The highest BCUT2D eigenvalue weighted by Crippen LogP contribution is 2.43. The molecular weight excluding hydrogens is 947 g/mol. The van der Waals surface area contributed by atoms with E-state index in [2.05, 4.69) is 58.5 Å². The van der Waals surface area contributed by atoms with Crippen molar-refractivity contribution in [1.29, 1.82) is 10.5 Å². The van der Waals surface area contributed by atoms with E-state index in [0.29, 0.717) is 11.3 Å². The quantitative estimate of drug-likeness (QED) is 0.0436. The van der Waals surface area contributed by atoms with E-state index in [1.807, 2.05) is 0 Å². The molecule has 0 saturated heterocycles. The van der Waals surface area contributed by atoms with Gasteiger partial charge in [0.25, 0.3) is 36.3 Å². The van der Waals surface area contributed by atoms with E-state index in [-0.39, 0.29) is 82.3 Å². The first-order valence-electron chi connectivity index (χ1n) is 18.8. The summed E-state index contributed by atoms with van der Waals surface area (Å²) in [5.74, 6) is -0.686. The van der Waals surface area contributed by atoms with E-state index in [0.717, 1.165) is 47.7 Å². The SMILES string of the molecule is Cc1c(C#N)c(Nc2ccc(S(=O)(=O)O)cc2)nc(Nc2ccc(S(=O)(=O)O)cc2)c1N=Nc1nc(-c2ccc(NC(=O)c3cccc(S(=O)(=O)O)c3)cc2)c(N=Nc2ccccc2C#N)s1. The molecule has 336 valence electrons. The average molecular weight is 976 g/mol. The molecule has 6 N–H and O–H groups in total. The highest BCUT2D eigenvalue weighted by atomic mass is 32.2. The Morgan fingerprint density at radius 2 is 1.21 bits per heavy atom. The number of rotatable bonds is 14. The van der Waals surface area contributed by atoms with Crippen LogP contribution in [0.2, 0.25) is 0 Å². The van der Waals surface area contributed by atoms with Gasteiger partial charge in [-0.25, -0.2) is 9.97 Å². The molecule has 21 nitrogen and oxygen atoms in total. The zero-order valence-corrected chi connectivity index (χ0v) is 37.2. The maximum Gasteiger partial charge on any atom is 0.294 e. The first-order chi connectivity index (χ1) is 31.8. The number of benzene rings is 5. The van der Waals surface area contributed by atoms with Crippen LogP contribution < -0.4 is 16.0 Å². The van der Waals surface area contributed by atoms with Gasteiger partial charge in [-0.15, -0.1) is 20.5 Å². The Kier molecular flexibility index (Phi) is 13.4. The van der Waals surface area contributed by atoms with E-state index in [4.69, 9.17) is 0 Å². The fourth-order valence-electron chi connectivity index (χ4n) is 5.98. The van der Waals surface area contributed by atoms with Crippen molar-refractivity contribution in [1.82, 2.24) is 9.97 Å². The van der Waals surface area contributed by atoms with Crippen molar-refractivity contribution in [2.24, 2.45) is 20.5 Å². The number of anilines is 5. The number of carbonyl (C=O) groups is 1. The molecule has 0 bridgehead atoms. The number of azo groups is 2. The minimum atomic E-state index is -4.56. The zero-order valence-electron chi connectivity index (χ0n) is 34.0. The number of thiazole rings is 1. The largest absolute Gasteiger partial charge is 0.339 e. The molecule has 0 spiro atoms. The predicted molar refractivity (Wildman–Crippen MR) is 244 cm³/mol. The molecule has 0 aliphatic rings. The maximum atomic E-state index is 13.0. The Hall–Kier alpha value is -8.14. The Morgan fingerprint density at radius 1 is 0.627 bits per heavy atom. The number of carbonyl (C=O) groups excluding carboxylic acids is 1. The summed E-state index contributed by atoms with van der Waals surface area (Å²) < 4.78 is 98.2. The molecule has 0 aliphatic carbocycles. The van der Waals surface area contributed by atoms with Crippen molar-refractivity contribution in [3.63, 3.8) is 0 Å². The van der Waals surface area contributed by atoms with Crippen molar-refractivity contribution in [3.8, 4) is 23.4 Å². The lowest BCUT2D eigenvalue weighted by Gasteiger charge is -2.16. The molecule has 1 amide bonds. The number of nitriles is 2. The third-order valence-corrected chi connectivity index (χ3v) is 12.7. The smallest absolute Gasteiger partial charge is 0.294 e. The van der Waals surface area contributed by atoms with Gasteiger partial charge in [0.05, 0.1) is 25.8 Å². The first-order valence-corrected chi connectivity index (χ1v) is 23.9. The number of amides is 1. The molecule has 25 heteroatoms. The molecule has 0 atom stereocenters. The fraction of sp³-hybridized carbons (Fsp3) is 0.0238. The van der Waals surface area contributed by atoms with Gasteiger partial charge in [0, 0.05) is 33.8 Å². The molecule has 0 fully saturated rings. The topological polar surface area (TPSA) is 339 Å². The normalized spacial score (nSPS) is 11.9. The van der Waals surface area contributed by atoms with E-state index in [9.17, 15) is 54.2 Å². The van der Waals surface area contributed by atoms with Crippen LogP contribution in [0.3, 0.4) is 0 Å². The molecule has 0 radical (unpaired) electrons. The Bertz CT molecular complexity index is 3570. The number of pyridine rings is 1. The van der Waals surface area contributed by atoms with Gasteiger partial charge in [0.1, 0.15) is 29.2 Å². The summed E-state index contributed by atoms with van der Waals surface area (Å²) in [7, 11) is -13.6. The van der Waals surface area contributed by atoms with Gasteiger partial charge < -0.3 is 16.0 Å². The van der Waals surface area contributed by atoms with Crippen LogP contribution in [0.5, 0.6) is 0 Å². The molecule has 7 rings (SSSR count). The van der Waals surface area contributed by atoms with Crippen LogP contribution in [0.1, 0.15) is 27.0 Å². The fourth-order valence-corrected chi connectivity index (χ4v) is 8.20. The number of nitrogens with zero attached hydrogens (tertiary/aromatic N) is 8. The third kappa shape index (κ3) is 11.2. The monoisotopic (exact) mass is 975 g/mol. The molecular formula is C42H29N11O10S4. The second-order valence-corrected chi connectivity index (χ2v) is 19.0. The minimum absolute atomic E-state index is 0.0101. The van der Waals surface area contributed by atoms with Crippen LogP contribution in [-0.2, 0) is 30.4 Å². The Balaban J connectivity index is 1.27. The first kappa shape index (κ1) is 46.8. The Labute approximate surface area is 385 Å². The van der Waals surface area contributed by atoms with E-state index in [1.165, 1.54) is 36.4 Å². The van der Waals surface area contributed by atoms with Crippen LogP contribution in [-0.4, -0.2) is 54.8 Å². The van der Waals surface area contributed by atoms with Crippen molar-refractivity contribution in [2.45, 2.75) is 21.6 Å². The van der Waals surface area contributed by atoms with Crippen LogP contribution in [0.15, 0.2) is 156 Å². The van der Waals surface area contributed by atoms with Crippen LogP contribution in [0.4, 0.5) is 50.2 Å². The van der Waals surface area contributed by atoms with Crippen LogP contribution >= 0.6 is 11.3 Å². The highest BCUT2D eigenvalue weighted by Gasteiger charge is 2.21. The number of hydrogen-bond acceptors (Lipinski definition) is 18. The van der Waals surface area contributed by atoms with Crippen LogP contribution in [0.25, 0.3) is 11.3 Å². The zero-order chi connectivity index (χ0) is 48.1. The number of hydrogen-bond donors (Lipinski definition) is 6. The summed E-state index contributed by atoms with van der Waals surface area (Å²) in [5, 5.41) is 46.3. The molecule has 67 heavy (non-hydrogen) atoms. The standard InChI is InChI=1S/C42H29N11O10S4/c1-24-34(23-44)38(45-28-13-17-31(18-14-28)65(55,56)57)49-39(46-29-15-19-32(20-16-29)66(58,59)60)36(24)51-53-42-48-37(41(64-42)52-50-35-8-3-2-5-27(35)22-43)25-9-11-30(12-10-25)47-40(54)26-6-4-7-33(21-26)67(61,62)63/h2-21H,1H3,(H,47,54)(H2,45,46,49)(H,55,56,57)(H,58,59,60)(H,61,62,63). The summed E-state index contributed by atoms with van der Waals surface area (Å²) in [4.78, 5) is 21.0. The molecule has 5 aromatic carbocycles. The summed E-state index contributed by atoms with van der Waals surface area (Å²) in [5.41, 5.74) is 2.30. The lowest BCUT2D eigenvalue weighted by molar-refractivity contribution is 0.102. The highest BCUT2D eigenvalue weighted by molar-refractivity contribution is 7.86. The lowest BCUT2D eigenvalue weighted by Crippen LogP contribution is -2.12. The van der Waals surface area contributed by atoms with Gasteiger partial charge >= 0.3 is 0 Å². The van der Waals surface area contributed by atoms with Gasteiger partial charge in [-0.1, -0.05) is 41.7 Å². The number of nitrogens with one attached hydrogen (secondary N) is 3. The van der Waals surface area contributed by atoms with E-state index < -0.39 is 41.2 Å². The summed E-state index contributed by atoms with van der Waals surface area (Å²) >= 11 is 0.946. The van der Waals surface area contributed by atoms with E-state index in [1.54, 1.807) is 55.5 Å². The third-order valence-electron chi connectivity index (χ3n) is 9.27. The second-order valence-electron chi connectivity index (χ2n) is 13.7. The van der Waals surface area contributed by atoms with Gasteiger partial charge in [0.15, 0.2) is 16.6 Å². The molecule has 7 aromatic rings. The summed E-state index contributed by atoms with van der Waals surface area (Å²) in [6, 6.07) is 31.7. The van der Waals surface area contributed by atoms with E-state index >= 15 is 0 Å². The molecule has 2 aromatic heterocycles. The van der Waals surface area contributed by atoms with Gasteiger partial charge in [0.2, 0.25) is 5.13 Å². The summed E-state index contributed by atoms with van der Waals surface area (Å²) in [6.07, 6.45) is 0. The summed E-state index contributed by atoms with van der Waals surface area (Å²) in [6.45, 7) is 1.55. The van der Waals surface area contributed by atoms with Gasteiger partial charge in [-0.3, -0.25) is 18.5 Å².